The van der Waals surface area contributed by atoms with Crippen LogP contribution in [0.25, 0.3) is 4.85 Å². The van der Waals surface area contributed by atoms with E-state index >= 15 is 0 Å². The van der Waals surface area contributed by atoms with Gasteiger partial charge in [0.15, 0.2) is 0 Å². The number of amides is 1. The Balaban J connectivity index is 1.83. The van der Waals surface area contributed by atoms with Crippen molar-refractivity contribution in [2.24, 2.45) is 11.7 Å². The molecule has 4 nitrogen and oxygen atoms in total. The van der Waals surface area contributed by atoms with Crippen LogP contribution in [0.15, 0.2) is 30.3 Å². The zero-order valence-corrected chi connectivity index (χ0v) is 12.5. The lowest BCUT2D eigenvalue weighted by Gasteiger charge is -2.34. The van der Waals surface area contributed by atoms with E-state index in [2.05, 4.69) is 4.85 Å². The normalized spacial score (nSPS) is 28.7. The highest BCUT2D eigenvalue weighted by molar-refractivity contribution is 5.85. The molecule has 1 aromatic carbocycles. The fourth-order valence-corrected chi connectivity index (χ4v) is 3.37. The van der Waals surface area contributed by atoms with Gasteiger partial charge in [0.1, 0.15) is 0 Å². The first-order chi connectivity index (χ1) is 9.96. The van der Waals surface area contributed by atoms with E-state index in [0.29, 0.717) is 5.92 Å². The van der Waals surface area contributed by atoms with Gasteiger partial charge in [0.05, 0.1) is 6.04 Å². The van der Waals surface area contributed by atoms with E-state index in [1.807, 2.05) is 44.2 Å². The van der Waals surface area contributed by atoms with Crippen molar-refractivity contribution in [1.82, 2.24) is 4.90 Å². The molecule has 2 aliphatic rings. The van der Waals surface area contributed by atoms with Crippen LogP contribution < -0.4 is 5.73 Å². The molecule has 1 saturated carbocycles. The molecule has 0 aromatic heterocycles. The first kappa shape index (κ1) is 14.1. The molecule has 4 atom stereocenters. The number of benzene rings is 1. The predicted octanol–water partition coefficient (Wildman–Crippen LogP) is 2.16. The number of carbonyl (C=O) groups is 1. The van der Waals surface area contributed by atoms with Gasteiger partial charge in [0, 0.05) is 17.9 Å². The van der Waals surface area contributed by atoms with Crippen LogP contribution in [0.5, 0.6) is 0 Å². The van der Waals surface area contributed by atoms with E-state index in [1.165, 1.54) is 0 Å². The molecule has 1 heterocycles. The van der Waals surface area contributed by atoms with Crippen molar-refractivity contribution < 1.29 is 4.79 Å². The lowest BCUT2D eigenvalue weighted by atomic mass is 9.77. The Morgan fingerprint density at radius 2 is 2.05 bits per heavy atom. The molecule has 1 amide bonds. The molecule has 0 spiro atoms. The summed E-state index contributed by atoms with van der Waals surface area (Å²) in [6.07, 6.45) is 1.55. The minimum Gasteiger partial charge on any atom is -0.319 e. The van der Waals surface area contributed by atoms with Crippen LogP contribution in [0.3, 0.4) is 0 Å². The quantitative estimate of drug-likeness (QED) is 0.864. The van der Waals surface area contributed by atoms with E-state index in [-0.39, 0.29) is 18.1 Å². The lowest BCUT2D eigenvalue weighted by Crippen LogP contribution is -2.54. The summed E-state index contributed by atoms with van der Waals surface area (Å²) in [5, 5.41) is 0. The molecule has 110 valence electrons. The van der Waals surface area contributed by atoms with E-state index in [0.717, 1.165) is 18.4 Å². The van der Waals surface area contributed by atoms with Gasteiger partial charge in [-0.15, -0.1) is 0 Å². The third-order valence-corrected chi connectivity index (χ3v) is 5.04. The maximum atomic E-state index is 12.8. The van der Waals surface area contributed by atoms with Gasteiger partial charge in [-0.2, -0.15) is 0 Å². The van der Waals surface area contributed by atoms with E-state index in [1.54, 1.807) is 4.90 Å². The lowest BCUT2D eigenvalue weighted by molar-refractivity contribution is -0.135. The second-order valence-corrected chi connectivity index (χ2v) is 6.72. The van der Waals surface area contributed by atoms with Gasteiger partial charge >= 0.3 is 6.17 Å². The summed E-state index contributed by atoms with van der Waals surface area (Å²) in [4.78, 5) is 18.2. The van der Waals surface area contributed by atoms with Gasteiger partial charge in [0.25, 0.3) is 0 Å². The van der Waals surface area contributed by atoms with Crippen LogP contribution in [0.4, 0.5) is 0 Å². The maximum Gasteiger partial charge on any atom is 0.301 e. The smallest absolute Gasteiger partial charge is 0.301 e. The predicted molar refractivity (Wildman–Crippen MR) is 81.2 cm³/mol. The highest BCUT2D eigenvalue weighted by Gasteiger charge is 2.58. The molecule has 3 rings (SSSR count). The molecular formula is C17H21N3O. The Kier molecular flexibility index (Phi) is 3.26. The van der Waals surface area contributed by atoms with E-state index < -0.39 is 11.5 Å². The number of piperidine rings is 1. The van der Waals surface area contributed by atoms with E-state index in [9.17, 15) is 4.79 Å². The van der Waals surface area contributed by atoms with Gasteiger partial charge in [0.2, 0.25) is 5.91 Å². The number of likely N-dealkylation sites (tertiary alicyclic amines) is 1. The number of hydrogen-bond donors (Lipinski definition) is 1. The first-order valence-corrected chi connectivity index (χ1v) is 7.46. The van der Waals surface area contributed by atoms with Crippen molar-refractivity contribution in [3.8, 4) is 0 Å². The summed E-state index contributed by atoms with van der Waals surface area (Å²) >= 11 is 0. The van der Waals surface area contributed by atoms with Crippen molar-refractivity contribution in [1.29, 1.82) is 0 Å². The van der Waals surface area contributed by atoms with Crippen molar-refractivity contribution in [2.75, 3.05) is 0 Å². The Hall–Kier alpha value is -1.86. The maximum absolute atomic E-state index is 12.8. The summed E-state index contributed by atoms with van der Waals surface area (Å²) in [6.45, 7) is 11.3. The minimum absolute atomic E-state index is 0.0742. The van der Waals surface area contributed by atoms with Gasteiger partial charge in [-0.05, 0) is 17.9 Å². The zero-order valence-electron chi connectivity index (χ0n) is 12.5. The zero-order chi connectivity index (χ0) is 15.2. The average molecular weight is 283 g/mol. The molecule has 1 aliphatic carbocycles. The second-order valence-electron chi connectivity index (χ2n) is 6.72. The monoisotopic (exact) mass is 283 g/mol. The van der Waals surface area contributed by atoms with Crippen molar-refractivity contribution in [2.45, 2.75) is 50.4 Å². The fraction of sp³-hybridized carbons (Fsp3) is 0.529. The minimum atomic E-state index is -0.622. The summed E-state index contributed by atoms with van der Waals surface area (Å²) in [5.74, 6) is 0.454. The standard InChI is InChI=1S/C17H21N3O/c1-17(2,12-7-5-4-6-8-12)15(18)16(21)20-13-9-11(13)10-14(20)19-3/h4-8,11,13-15H,9-10,18H2,1-2H3/t11?,13?,14?,15-/m1/s1. The number of nitrogens with two attached hydrogens (primary N) is 1. The summed E-state index contributed by atoms with van der Waals surface area (Å²) in [6, 6.07) is 9.52. The van der Waals surface area contributed by atoms with Crippen molar-refractivity contribution >= 4 is 5.91 Å². The van der Waals surface area contributed by atoms with Crippen molar-refractivity contribution in [3.05, 3.63) is 47.3 Å². The number of hydrogen-bond acceptors (Lipinski definition) is 2. The van der Waals surface area contributed by atoms with Crippen molar-refractivity contribution in [3.63, 3.8) is 0 Å². The second kappa shape index (κ2) is 4.85. The Morgan fingerprint density at radius 1 is 1.38 bits per heavy atom. The molecule has 1 aromatic rings. The SMILES string of the molecule is [C-]#[N+]C1CC2CC2N1C(=O)[C@@H](N)C(C)(C)c1ccccc1. The number of rotatable bonds is 3. The molecular weight excluding hydrogens is 262 g/mol. The van der Waals surface area contributed by atoms with Crippen LogP contribution in [-0.4, -0.2) is 29.1 Å². The summed E-state index contributed by atoms with van der Waals surface area (Å²) < 4.78 is 0. The number of nitrogens with zero attached hydrogens (tertiary/aromatic N) is 2. The van der Waals surface area contributed by atoms with Gasteiger partial charge in [-0.3, -0.25) is 14.5 Å². The third kappa shape index (κ3) is 2.22. The summed E-state index contributed by atoms with van der Waals surface area (Å²) in [5.41, 5.74) is 6.92. The first-order valence-electron chi connectivity index (χ1n) is 7.46. The Labute approximate surface area is 125 Å². The molecule has 0 bridgehead atoms. The van der Waals surface area contributed by atoms with Gasteiger partial charge in [-0.1, -0.05) is 44.2 Å². The fourth-order valence-electron chi connectivity index (χ4n) is 3.37. The van der Waals surface area contributed by atoms with Crippen LogP contribution in [0, 0.1) is 12.5 Å². The van der Waals surface area contributed by atoms with Crippen LogP contribution in [0.2, 0.25) is 0 Å². The molecule has 2 fully saturated rings. The highest BCUT2D eigenvalue weighted by Crippen LogP contribution is 2.48. The molecule has 3 unspecified atom stereocenters. The topological polar surface area (TPSA) is 50.7 Å². The third-order valence-electron chi connectivity index (χ3n) is 5.04. The number of carbonyl (C=O) groups excluding carboxylic acids is 1. The molecule has 1 aliphatic heterocycles. The Morgan fingerprint density at radius 3 is 2.67 bits per heavy atom. The highest BCUT2D eigenvalue weighted by atomic mass is 16.2. The Bertz CT molecular complexity index is 590. The average Bonchev–Trinajstić information content (AvgIpc) is 3.17. The largest absolute Gasteiger partial charge is 0.319 e. The summed E-state index contributed by atoms with van der Waals surface area (Å²) in [7, 11) is 0. The number of fused-ring (bicyclic) bond motifs is 1. The molecule has 1 saturated heterocycles. The van der Waals surface area contributed by atoms with Crippen LogP contribution >= 0.6 is 0 Å². The van der Waals surface area contributed by atoms with Crippen LogP contribution in [-0.2, 0) is 10.2 Å². The molecule has 2 N–H and O–H groups in total. The van der Waals surface area contributed by atoms with E-state index in [4.69, 9.17) is 12.3 Å². The van der Waals surface area contributed by atoms with Gasteiger partial charge in [-0.25, -0.2) is 6.57 Å². The molecule has 21 heavy (non-hydrogen) atoms. The van der Waals surface area contributed by atoms with Gasteiger partial charge < -0.3 is 5.73 Å². The molecule has 4 heteroatoms. The molecule has 0 radical (unpaired) electrons. The van der Waals surface area contributed by atoms with Crippen LogP contribution in [0.1, 0.15) is 32.3 Å².